The summed E-state index contributed by atoms with van der Waals surface area (Å²) in [5.74, 6) is -4.50. The topological polar surface area (TPSA) is 98.5 Å². The number of ether oxygens (including phenoxy) is 1. The minimum atomic E-state index is -0.926. The molecule has 7 nitrogen and oxygen atoms in total. The highest BCUT2D eigenvalue weighted by Gasteiger charge is 2.15. The van der Waals surface area contributed by atoms with Crippen molar-refractivity contribution in [2.75, 3.05) is 17.7 Å². The van der Waals surface area contributed by atoms with Crippen LogP contribution >= 0.6 is 11.8 Å². The Kier molecular flexibility index (Phi) is 6.77. The average Bonchev–Trinajstić information content (AvgIpc) is 2.62. The molecule has 0 spiro atoms. The Morgan fingerprint density at radius 1 is 1.11 bits per heavy atom. The van der Waals surface area contributed by atoms with E-state index in [1.54, 1.807) is 0 Å². The number of carbonyl (C=O) groups excluding carboxylic acids is 2. The Balaban J connectivity index is 1.85. The lowest BCUT2D eigenvalue weighted by atomic mass is 10.2. The van der Waals surface area contributed by atoms with Crippen LogP contribution < -0.4 is 5.32 Å². The summed E-state index contributed by atoms with van der Waals surface area (Å²) >= 11 is 0.676. The summed E-state index contributed by atoms with van der Waals surface area (Å²) in [6, 6.07) is 5.29. The second-order valence-corrected chi connectivity index (χ2v) is 6.01. The minimum Gasteiger partial charge on any atom is -0.455 e. The molecule has 0 saturated heterocycles. The summed E-state index contributed by atoms with van der Waals surface area (Å²) in [6.45, 7) is -0.785. The smallest absolute Gasteiger partial charge is 0.316 e. The lowest BCUT2D eigenvalue weighted by molar-refractivity contribution is -0.384. The maximum atomic E-state index is 13.6. The predicted octanol–water partition coefficient (Wildman–Crippen LogP) is 3.29. The summed E-state index contributed by atoms with van der Waals surface area (Å²) < 4.78 is 44.6. The van der Waals surface area contributed by atoms with E-state index in [2.05, 4.69) is 4.74 Å². The van der Waals surface area contributed by atoms with Crippen LogP contribution in [0.25, 0.3) is 0 Å². The number of amides is 1. The van der Waals surface area contributed by atoms with E-state index in [4.69, 9.17) is 0 Å². The molecule has 0 aliphatic carbocycles. The highest BCUT2D eigenvalue weighted by atomic mass is 32.2. The standard InChI is InChI=1S/C16H11F3N2O5S/c17-9-1-3-12(19)14(5-9)27-8-16(23)26-7-15(22)20-13-6-10(21(24)25)2-4-11(13)18/h1-6H,7-8H2,(H,20,22). The fourth-order valence-corrected chi connectivity index (χ4v) is 2.58. The molecule has 0 saturated carbocycles. The van der Waals surface area contributed by atoms with E-state index >= 15 is 0 Å². The molecule has 0 atom stereocenters. The molecule has 2 aromatic carbocycles. The number of hydrogen-bond donors (Lipinski definition) is 1. The maximum Gasteiger partial charge on any atom is 0.316 e. The maximum absolute atomic E-state index is 13.6. The third kappa shape index (κ3) is 5.99. The van der Waals surface area contributed by atoms with Gasteiger partial charge in [-0.3, -0.25) is 19.7 Å². The molecule has 0 radical (unpaired) electrons. The van der Waals surface area contributed by atoms with Gasteiger partial charge in [-0.1, -0.05) is 0 Å². The number of thioether (sulfide) groups is 1. The number of halogens is 3. The molecule has 0 aliphatic heterocycles. The van der Waals surface area contributed by atoms with Gasteiger partial charge in [0.2, 0.25) is 0 Å². The molecule has 27 heavy (non-hydrogen) atoms. The van der Waals surface area contributed by atoms with E-state index in [0.717, 1.165) is 36.4 Å². The molecular weight excluding hydrogens is 389 g/mol. The third-order valence-corrected chi connectivity index (χ3v) is 4.04. The summed E-state index contributed by atoms with van der Waals surface area (Å²) in [4.78, 5) is 33.0. The van der Waals surface area contributed by atoms with Crippen molar-refractivity contribution in [1.82, 2.24) is 0 Å². The summed E-state index contributed by atoms with van der Waals surface area (Å²) in [5, 5.41) is 12.7. The van der Waals surface area contributed by atoms with E-state index in [1.807, 2.05) is 5.32 Å². The zero-order valence-corrected chi connectivity index (χ0v) is 14.2. The zero-order valence-electron chi connectivity index (χ0n) is 13.4. The molecule has 142 valence electrons. The van der Waals surface area contributed by atoms with Gasteiger partial charge in [0.05, 0.1) is 16.4 Å². The molecule has 0 bridgehead atoms. The van der Waals surface area contributed by atoms with Gasteiger partial charge in [0.15, 0.2) is 6.61 Å². The first-order valence-corrected chi connectivity index (χ1v) is 8.22. The number of non-ortho nitro benzene ring substituents is 1. The molecule has 2 rings (SSSR count). The average molecular weight is 400 g/mol. The van der Waals surface area contributed by atoms with Crippen molar-refractivity contribution in [3.63, 3.8) is 0 Å². The van der Waals surface area contributed by atoms with Gasteiger partial charge in [-0.2, -0.15) is 0 Å². The van der Waals surface area contributed by atoms with Crippen molar-refractivity contribution in [2.45, 2.75) is 4.90 Å². The normalized spacial score (nSPS) is 10.3. The van der Waals surface area contributed by atoms with Crippen molar-refractivity contribution < 1.29 is 32.4 Å². The highest BCUT2D eigenvalue weighted by Crippen LogP contribution is 2.23. The van der Waals surface area contributed by atoms with Crippen molar-refractivity contribution in [1.29, 1.82) is 0 Å². The number of rotatable bonds is 7. The number of nitrogens with zero attached hydrogens (tertiary/aromatic N) is 1. The minimum absolute atomic E-state index is 0.102. The van der Waals surface area contributed by atoms with Crippen LogP contribution in [0, 0.1) is 27.6 Å². The van der Waals surface area contributed by atoms with E-state index in [1.165, 1.54) is 0 Å². The lowest BCUT2D eigenvalue weighted by Crippen LogP contribution is -2.22. The van der Waals surface area contributed by atoms with Crippen LogP contribution in [-0.2, 0) is 14.3 Å². The van der Waals surface area contributed by atoms with Crippen LogP contribution in [0.3, 0.4) is 0 Å². The van der Waals surface area contributed by atoms with Crippen molar-refractivity contribution >= 4 is 35.0 Å². The lowest BCUT2D eigenvalue weighted by Gasteiger charge is -2.08. The van der Waals surface area contributed by atoms with Gasteiger partial charge in [-0.15, -0.1) is 11.8 Å². The predicted molar refractivity (Wildman–Crippen MR) is 89.7 cm³/mol. The Morgan fingerprint density at radius 2 is 1.81 bits per heavy atom. The first kappa shape index (κ1) is 20.2. The Morgan fingerprint density at radius 3 is 2.52 bits per heavy atom. The third-order valence-electron chi connectivity index (χ3n) is 3.04. The molecule has 0 fully saturated rings. The van der Waals surface area contributed by atoms with E-state index in [0.29, 0.717) is 11.8 Å². The molecule has 0 aliphatic rings. The van der Waals surface area contributed by atoms with Gasteiger partial charge in [0.25, 0.3) is 11.6 Å². The second kappa shape index (κ2) is 9.03. The van der Waals surface area contributed by atoms with Gasteiger partial charge in [0, 0.05) is 17.0 Å². The largest absolute Gasteiger partial charge is 0.455 e. The molecular formula is C16H11F3N2O5S. The fraction of sp³-hybridized carbons (Fsp3) is 0.125. The second-order valence-electron chi connectivity index (χ2n) is 4.99. The van der Waals surface area contributed by atoms with Gasteiger partial charge in [-0.25, -0.2) is 13.2 Å². The summed E-state index contributed by atoms with van der Waals surface area (Å²) in [6.07, 6.45) is 0. The number of esters is 1. The van der Waals surface area contributed by atoms with Gasteiger partial charge in [0.1, 0.15) is 17.5 Å². The van der Waals surface area contributed by atoms with Gasteiger partial charge in [-0.05, 0) is 24.3 Å². The van der Waals surface area contributed by atoms with Crippen LogP contribution in [0.15, 0.2) is 41.3 Å². The summed E-state index contributed by atoms with van der Waals surface area (Å²) in [5.41, 5.74) is -0.876. The number of carbonyl (C=O) groups is 2. The molecule has 1 amide bonds. The number of nitro groups is 1. The van der Waals surface area contributed by atoms with Crippen LogP contribution in [0.5, 0.6) is 0 Å². The SMILES string of the molecule is O=C(COC(=O)CSc1cc(F)ccc1F)Nc1cc([N+](=O)[O-])ccc1F. The van der Waals surface area contributed by atoms with Crippen molar-refractivity contribution in [3.05, 3.63) is 64.0 Å². The zero-order chi connectivity index (χ0) is 20.0. The van der Waals surface area contributed by atoms with Gasteiger partial charge < -0.3 is 10.1 Å². The Hall–Kier alpha value is -3.08. The number of benzene rings is 2. The fourth-order valence-electron chi connectivity index (χ4n) is 1.82. The van der Waals surface area contributed by atoms with Crippen LogP contribution in [0.2, 0.25) is 0 Å². The van der Waals surface area contributed by atoms with E-state index in [-0.39, 0.29) is 4.90 Å². The molecule has 1 N–H and O–H groups in total. The first-order valence-electron chi connectivity index (χ1n) is 7.23. The van der Waals surface area contributed by atoms with Crippen LogP contribution in [0.1, 0.15) is 0 Å². The molecule has 0 unspecified atom stereocenters. The van der Waals surface area contributed by atoms with Crippen LogP contribution in [0.4, 0.5) is 24.5 Å². The summed E-state index contributed by atoms with van der Waals surface area (Å²) in [7, 11) is 0. The number of nitro benzene ring substituents is 1. The molecule has 0 aromatic heterocycles. The molecule has 2 aromatic rings. The van der Waals surface area contributed by atoms with E-state index < -0.39 is 58.0 Å². The first-order chi connectivity index (χ1) is 12.8. The van der Waals surface area contributed by atoms with Crippen LogP contribution in [-0.4, -0.2) is 29.2 Å². The van der Waals surface area contributed by atoms with E-state index in [9.17, 15) is 32.9 Å². The monoisotopic (exact) mass is 400 g/mol. The van der Waals surface area contributed by atoms with Gasteiger partial charge >= 0.3 is 5.97 Å². The molecule has 0 heterocycles. The number of anilines is 1. The van der Waals surface area contributed by atoms with Crippen molar-refractivity contribution in [2.24, 2.45) is 0 Å². The quantitative estimate of drug-likeness (QED) is 0.331. The molecule has 11 heteroatoms. The Bertz CT molecular complexity index is 894. The number of hydrogen-bond acceptors (Lipinski definition) is 6. The Labute approximate surface area is 154 Å². The number of nitrogens with one attached hydrogen (secondary N) is 1. The van der Waals surface area contributed by atoms with Crippen molar-refractivity contribution in [3.8, 4) is 0 Å². The highest BCUT2D eigenvalue weighted by molar-refractivity contribution is 8.00.